The number of nitrogens with zero attached hydrogens (tertiary/aromatic N) is 1. The summed E-state index contributed by atoms with van der Waals surface area (Å²) in [5.41, 5.74) is 1.89. The Morgan fingerprint density at radius 1 is 1.11 bits per heavy atom. The number of anilines is 1. The molecule has 27 heavy (non-hydrogen) atoms. The first-order chi connectivity index (χ1) is 13.0. The number of amides is 2. The molecule has 0 bridgehead atoms. The number of rotatable bonds is 2. The Hall–Kier alpha value is -3.15. The van der Waals surface area contributed by atoms with E-state index in [0.29, 0.717) is 36.3 Å². The van der Waals surface area contributed by atoms with Crippen molar-refractivity contribution in [2.45, 2.75) is 25.4 Å². The molecule has 138 valence electrons. The Kier molecular flexibility index (Phi) is 4.18. The van der Waals surface area contributed by atoms with Gasteiger partial charge in [-0.25, -0.2) is 4.79 Å². The quantitative estimate of drug-likeness (QED) is 0.832. The average molecular weight is 364 g/mol. The highest BCUT2D eigenvalue weighted by Gasteiger charge is 2.48. The lowest BCUT2D eigenvalue weighted by Crippen LogP contribution is -2.48. The summed E-state index contributed by atoms with van der Waals surface area (Å²) in [4.78, 5) is 38.1. The molecule has 0 saturated carbocycles. The molecule has 2 aromatic rings. The van der Waals surface area contributed by atoms with Crippen molar-refractivity contribution in [2.75, 3.05) is 18.4 Å². The summed E-state index contributed by atoms with van der Waals surface area (Å²) in [6.07, 6.45) is 1.47. The molecule has 1 N–H and O–H groups in total. The summed E-state index contributed by atoms with van der Waals surface area (Å²) >= 11 is 0. The summed E-state index contributed by atoms with van der Waals surface area (Å²) in [5, 5.41) is 2.68. The number of benzene rings is 2. The van der Waals surface area contributed by atoms with Crippen LogP contribution in [-0.4, -0.2) is 35.8 Å². The van der Waals surface area contributed by atoms with E-state index in [1.807, 2.05) is 18.2 Å². The van der Waals surface area contributed by atoms with E-state index in [9.17, 15) is 14.4 Å². The van der Waals surface area contributed by atoms with Gasteiger partial charge >= 0.3 is 5.97 Å². The van der Waals surface area contributed by atoms with Crippen molar-refractivity contribution in [3.8, 4) is 0 Å². The maximum Gasteiger partial charge on any atom is 0.339 e. The topological polar surface area (TPSA) is 75.7 Å². The fraction of sp³-hybridized carbons (Fsp3) is 0.286. The second-order valence-corrected chi connectivity index (χ2v) is 7.02. The zero-order chi connectivity index (χ0) is 19.0. The zero-order valence-corrected chi connectivity index (χ0v) is 15.0. The van der Waals surface area contributed by atoms with Gasteiger partial charge in [0.25, 0.3) is 5.91 Å². The lowest BCUT2D eigenvalue weighted by molar-refractivity contribution is -0.114. The minimum absolute atomic E-state index is 0.108. The number of fused-ring (bicyclic) bond motifs is 2. The minimum Gasteiger partial charge on any atom is -0.449 e. The molecular formula is C21H20N2O4. The molecule has 0 radical (unpaired) electrons. The number of nitrogens with one attached hydrogen (secondary N) is 1. The van der Waals surface area contributed by atoms with Crippen molar-refractivity contribution < 1.29 is 19.1 Å². The number of ether oxygens (including phenoxy) is 1. The van der Waals surface area contributed by atoms with E-state index in [1.165, 1.54) is 6.92 Å². The molecule has 0 aromatic heterocycles. The molecule has 0 aliphatic carbocycles. The van der Waals surface area contributed by atoms with E-state index in [-0.39, 0.29) is 17.8 Å². The molecule has 2 heterocycles. The molecule has 1 fully saturated rings. The van der Waals surface area contributed by atoms with Crippen LogP contribution in [0.1, 0.15) is 46.0 Å². The highest BCUT2D eigenvalue weighted by Crippen LogP contribution is 2.43. The van der Waals surface area contributed by atoms with Crippen molar-refractivity contribution >= 4 is 23.5 Å². The van der Waals surface area contributed by atoms with Gasteiger partial charge in [-0.1, -0.05) is 18.2 Å². The summed E-state index contributed by atoms with van der Waals surface area (Å²) in [6.45, 7) is 2.41. The smallest absolute Gasteiger partial charge is 0.339 e. The van der Waals surface area contributed by atoms with Gasteiger partial charge < -0.3 is 15.0 Å². The van der Waals surface area contributed by atoms with Crippen molar-refractivity contribution in [3.05, 3.63) is 65.2 Å². The highest BCUT2D eigenvalue weighted by molar-refractivity contribution is 5.97. The molecular weight excluding hydrogens is 344 g/mol. The zero-order valence-electron chi connectivity index (χ0n) is 15.0. The van der Waals surface area contributed by atoms with E-state index < -0.39 is 5.60 Å². The summed E-state index contributed by atoms with van der Waals surface area (Å²) in [5.74, 6) is -0.586. The minimum atomic E-state index is -0.752. The Bertz CT molecular complexity index is 922. The lowest BCUT2D eigenvalue weighted by Gasteiger charge is -2.39. The molecule has 1 unspecified atom stereocenters. The second-order valence-electron chi connectivity index (χ2n) is 7.02. The van der Waals surface area contributed by atoms with Crippen LogP contribution in [0.2, 0.25) is 0 Å². The largest absolute Gasteiger partial charge is 0.449 e. The highest BCUT2D eigenvalue weighted by atomic mass is 16.6. The van der Waals surface area contributed by atoms with E-state index in [0.717, 1.165) is 12.0 Å². The van der Waals surface area contributed by atoms with Crippen LogP contribution < -0.4 is 5.32 Å². The normalized spacial score (nSPS) is 20.9. The van der Waals surface area contributed by atoms with E-state index in [4.69, 9.17) is 4.74 Å². The van der Waals surface area contributed by atoms with Crippen LogP contribution in [-0.2, 0) is 15.1 Å². The standard InChI is InChI=1S/C21H20N2O4/c1-14(24)22-16-9-7-15(8-10-16)19(25)23-12-4-11-21(13-23)18-6-3-2-5-17(18)20(26)27-21/h2-3,5-10H,4,11-13H2,1H3,(H,22,24). The molecule has 6 nitrogen and oxygen atoms in total. The van der Waals surface area contributed by atoms with Crippen LogP contribution in [0.5, 0.6) is 0 Å². The number of carbonyl (C=O) groups is 3. The predicted octanol–water partition coefficient (Wildman–Crippen LogP) is 2.95. The molecule has 1 atom stereocenters. The summed E-state index contributed by atoms with van der Waals surface area (Å²) < 4.78 is 5.76. The third kappa shape index (κ3) is 3.07. The number of hydrogen-bond acceptors (Lipinski definition) is 4. The van der Waals surface area contributed by atoms with Gasteiger partial charge in [0.1, 0.15) is 0 Å². The summed E-state index contributed by atoms with van der Waals surface area (Å²) in [6, 6.07) is 14.2. The van der Waals surface area contributed by atoms with Gasteiger partial charge in [-0.2, -0.15) is 0 Å². The molecule has 2 aromatic carbocycles. The van der Waals surface area contributed by atoms with Gasteiger partial charge in [-0.3, -0.25) is 9.59 Å². The monoisotopic (exact) mass is 364 g/mol. The number of carbonyl (C=O) groups excluding carboxylic acids is 3. The molecule has 2 aliphatic heterocycles. The Morgan fingerprint density at radius 2 is 1.85 bits per heavy atom. The third-order valence-corrected chi connectivity index (χ3v) is 5.12. The predicted molar refractivity (Wildman–Crippen MR) is 99.4 cm³/mol. The van der Waals surface area contributed by atoms with Crippen LogP contribution in [0.15, 0.2) is 48.5 Å². The Labute approximate surface area is 157 Å². The first kappa shape index (κ1) is 17.3. The van der Waals surface area contributed by atoms with E-state index >= 15 is 0 Å². The lowest BCUT2D eigenvalue weighted by atomic mass is 9.85. The molecule has 4 rings (SSSR count). The fourth-order valence-corrected chi connectivity index (χ4v) is 3.93. The van der Waals surface area contributed by atoms with Gasteiger partial charge in [0.05, 0.1) is 12.1 Å². The van der Waals surface area contributed by atoms with Crippen molar-refractivity contribution in [3.63, 3.8) is 0 Å². The van der Waals surface area contributed by atoms with Crippen LogP contribution in [0, 0.1) is 0 Å². The van der Waals surface area contributed by atoms with Gasteiger partial charge in [0.2, 0.25) is 5.91 Å². The Balaban J connectivity index is 1.56. The first-order valence-corrected chi connectivity index (χ1v) is 8.98. The first-order valence-electron chi connectivity index (χ1n) is 8.98. The molecule has 2 aliphatic rings. The average Bonchev–Trinajstić information content (AvgIpc) is 2.93. The van der Waals surface area contributed by atoms with Gasteiger partial charge in [0.15, 0.2) is 5.60 Å². The van der Waals surface area contributed by atoms with E-state index in [2.05, 4.69) is 5.32 Å². The fourth-order valence-electron chi connectivity index (χ4n) is 3.93. The van der Waals surface area contributed by atoms with E-state index in [1.54, 1.807) is 35.2 Å². The maximum atomic E-state index is 13.0. The van der Waals surface area contributed by atoms with Gasteiger partial charge in [-0.15, -0.1) is 0 Å². The number of likely N-dealkylation sites (tertiary alicyclic amines) is 1. The summed E-state index contributed by atoms with van der Waals surface area (Å²) in [7, 11) is 0. The molecule has 1 spiro atoms. The van der Waals surface area contributed by atoms with Gasteiger partial charge in [-0.05, 0) is 43.2 Å². The van der Waals surface area contributed by atoms with Crippen molar-refractivity contribution in [1.29, 1.82) is 0 Å². The van der Waals surface area contributed by atoms with Crippen molar-refractivity contribution in [2.24, 2.45) is 0 Å². The second kappa shape index (κ2) is 6.54. The third-order valence-electron chi connectivity index (χ3n) is 5.12. The van der Waals surface area contributed by atoms with Crippen LogP contribution in [0.3, 0.4) is 0 Å². The molecule has 2 amide bonds. The van der Waals surface area contributed by atoms with Crippen LogP contribution in [0.25, 0.3) is 0 Å². The van der Waals surface area contributed by atoms with Crippen molar-refractivity contribution in [1.82, 2.24) is 4.90 Å². The molecule has 6 heteroatoms. The maximum absolute atomic E-state index is 13.0. The SMILES string of the molecule is CC(=O)Nc1ccc(C(=O)N2CCCC3(C2)OC(=O)c2ccccc23)cc1. The molecule has 1 saturated heterocycles. The number of hydrogen-bond donors (Lipinski definition) is 1. The number of piperidine rings is 1. The Morgan fingerprint density at radius 3 is 2.59 bits per heavy atom. The number of esters is 1. The van der Waals surface area contributed by atoms with Crippen LogP contribution >= 0.6 is 0 Å². The van der Waals surface area contributed by atoms with Gasteiger partial charge in [0, 0.05) is 30.3 Å². The van der Waals surface area contributed by atoms with Crippen LogP contribution in [0.4, 0.5) is 5.69 Å².